The Balaban J connectivity index is 1.64. The first kappa shape index (κ1) is 26.9. The zero-order chi connectivity index (χ0) is 27.3. The molecule has 1 saturated heterocycles. The van der Waals surface area contributed by atoms with Crippen LogP contribution in [0.25, 0.3) is 11.1 Å². The molecule has 0 aromatic heterocycles. The van der Waals surface area contributed by atoms with Crippen molar-refractivity contribution in [2.75, 3.05) is 30.8 Å². The van der Waals surface area contributed by atoms with E-state index in [1.54, 1.807) is 31.4 Å². The molecule has 196 valence electrons. The smallest absolute Gasteiger partial charge is 0.257 e. The Labute approximate surface area is 224 Å². The number of amides is 2. The van der Waals surface area contributed by atoms with Crippen molar-refractivity contribution in [3.63, 3.8) is 0 Å². The summed E-state index contributed by atoms with van der Waals surface area (Å²) in [5, 5.41) is 16.0. The first-order valence-corrected chi connectivity index (χ1v) is 12.9. The molecule has 1 heterocycles. The summed E-state index contributed by atoms with van der Waals surface area (Å²) in [6, 6.07) is 23.6. The molecule has 2 N–H and O–H groups in total. The molecule has 1 fully saturated rings. The van der Waals surface area contributed by atoms with Gasteiger partial charge in [-0.25, -0.2) is 0 Å². The average Bonchev–Trinajstić information content (AvgIpc) is 2.93. The molecule has 1 aliphatic heterocycles. The topological polar surface area (TPSA) is 94.5 Å². The fourth-order valence-electron chi connectivity index (χ4n) is 5.07. The highest BCUT2D eigenvalue weighted by molar-refractivity contribution is 6.10. The molecule has 0 spiro atoms. The maximum atomic E-state index is 13.4. The number of nitriles is 1. The van der Waals surface area contributed by atoms with Gasteiger partial charge in [0.2, 0.25) is 5.91 Å². The van der Waals surface area contributed by atoms with Gasteiger partial charge in [-0.1, -0.05) is 36.4 Å². The van der Waals surface area contributed by atoms with Gasteiger partial charge in [0.1, 0.15) is 5.75 Å². The fraction of sp³-hybridized carbons (Fsp3) is 0.323. The summed E-state index contributed by atoms with van der Waals surface area (Å²) in [5.41, 5.74) is 3.29. The Bertz CT molecular complexity index is 1350. The fourth-order valence-corrected chi connectivity index (χ4v) is 5.07. The lowest BCUT2D eigenvalue weighted by atomic mass is 9.73. The summed E-state index contributed by atoms with van der Waals surface area (Å²) >= 11 is 0. The number of likely N-dealkylation sites (tertiary alicyclic amines) is 1. The van der Waals surface area contributed by atoms with Gasteiger partial charge >= 0.3 is 0 Å². The van der Waals surface area contributed by atoms with Crippen LogP contribution in [0.5, 0.6) is 5.75 Å². The number of carbonyl (C=O) groups excluding carboxylic acids is 2. The van der Waals surface area contributed by atoms with Gasteiger partial charge in [-0.3, -0.25) is 9.59 Å². The standard InChI is InChI=1S/C31H34N4O3/c1-21(2)35-16-14-31(20-32,15-17-35)27-19-25(11-13-29(27)38-4)34-30(37)26-12-10-24(18-28(26)33-22(3)36)23-8-6-5-7-9-23/h5-13,18-19,21H,14-17H2,1-4H3,(H,33,36)(H,34,37). The second-order valence-electron chi connectivity index (χ2n) is 10.0. The van der Waals surface area contributed by atoms with E-state index in [1.165, 1.54) is 6.92 Å². The Morgan fingerprint density at radius 1 is 0.974 bits per heavy atom. The predicted molar refractivity (Wildman–Crippen MR) is 150 cm³/mol. The molecular formula is C31H34N4O3. The van der Waals surface area contributed by atoms with E-state index in [9.17, 15) is 14.9 Å². The van der Waals surface area contributed by atoms with Crippen LogP contribution in [0.15, 0.2) is 66.7 Å². The lowest BCUT2D eigenvalue weighted by Crippen LogP contribution is -2.44. The van der Waals surface area contributed by atoms with E-state index in [2.05, 4.69) is 35.5 Å². The van der Waals surface area contributed by atoms with Crippen LogP contribution < -0.4 is 15.4 Å². The molecular weight excluding hydrogens is 476 g/mol. The first-order valence-electron chi connectivity index (χ1n) is 12.9. The van der Waals surface area contributed by atoms with E-state index >= 15 is 0 Å². The monoisotopic (exact) mass is 510 g/mol. The van der Waals surface area contributed by atoms with Crippen LogP contribution in [-0.4, -0.2) is 43.0 Å². The van der Waals surface area contributed by atoms with E-state index in [0.717, 1.165) is 29.8 Å². The van der Waals surface area contributed by atoms with Gasteiger partial charge < -0.3 is 20.3 Å². The van der Waals surface area contributed by atoms with E-state index in [4.69, 9.17) is 4.74 Å². The molecule has 0 atom stereocenters. The first-order chi connectivity index (χ1) is 18.3. The number of nitrogens with one attached hydrogen (secondary N) is 2. The summed E-state index contributed by atoms with van der Waals surface area (Å²) in [5.74, 6) is 0.0125. The summed E-state index contributed by atoms with van der Waals surface area (Å²) in [6.07, 6.45) is 1.37. The second-order valence-corrected chi connectivity index (χ2v) is 10.0. The Hall–Kier alpha value is -4.15. The third kappa shape index (κ3) is 5.71. The summed E-state index contributed by atoms with van der Waals surface area (Å²) in [4.78, 5) is 27.7. The third-order valence-corrected chi connectivity index (χ3v) is 7.25. The number of piperidine rings is 1. The molecule has 3 aromatic carbocycles. The van der Waals surface area contributed by atoms with Crippen molar-refractivity contribution in [2.24, 2.45) is 0 Å². The highest BCUT2D eigenvalue weighted by Gasteiger charge is 2.39. The van der Waals surface area contributed by atoms with Gasteiger partial charge in [0.25, 0.3) is 5.91 Å². The number of rotatable bonds is 7. The lowest BCUT2D eigenvalue weighted by Gasteiger charge is -2.40. The van der Waals surface area contributed by atoms with Crippen molar-refractivity contribution < 1.29 is 14.3 Å². The quantitative estimate of drug-likeness (QED) is 0.417. The van der Waals surface area contributed by atoms with Crippen LogP contribution in [0.2, 0.25) is 0 Å². The predicted octanol–water partition coefficient (Wildman–Crippen LogP) is 5.84. The number of anilines is 2. The normalized spacial score (nSPS) is 14.9. The van der Waals surface area contributed by atoms with Gasteiger partial charge in [-0.2, -0.15) is 5.26 Å². The molecule has 3 aromatic rings. The zero-order valence-electron chi connectivity index (χ0n) is 22.4. The minimum Gasteiger partial charge on any atom is -0.496 e. The number of hydrogen-bond donors (Lipinski definition) is 2. The van der Waals surface area contributed by atoms with Crippen molar-refractivity contribution in [1.82, 2.24) is 4.90 Å². The molecule has 0 unspecified atom stereocenters. The largest absolute Gasteiger partial charge is 0.496 e. The summed E-state index contributed by atoms with van der Waals surface area (Å²) in [6.45, 7) is 7.38. The number of methoxy groups -OCH3 is 1. The maximum absolute atomic E-state index is 13.4. The van der Waals surface area contributed by atoms with Crippen LogP contribution in [0, 0.1) is 11.3 Å². The lowest BCUT2D eigenvalue weighted by molar-refractivity contribution is -0.114. The molecule has 4 rings (SSSR count). The molecule has 38 heavy (non-hydrogen) atoms. The van der Waals surface area contributed by atoms with Crippen LogP contribution >= 0.6 is 0 Å². The van der Waals surface area contributed by atoms with Crippen molar-refractivity contribution >= 4 is 23.2 Å². The van der Waals surface area contributed by atoms with Gasteiger partial charge in [0, 0.05) is 37.3 Å². The Morgan fingerprint density at radius 3 is 2.29 bits per heavy atom. The third-order valence-electron chi connectivity index (χ3n) is 7.25. The van der Waals surface area contributed by atoms with Gasteiger partial charge in [0.05, 0.1) is 29.8 Å². The Kier molecular flexibility index (Phi) is 8.13. The number of benzene rings is 3. The van der Waals surface area contributed by atoms with Crippen molar-refractivity contribution in [3.05, 3.63) is 77.9 Å². The highest BCUT2D eigenvalue weighted by Crippen LogP contribution is 2.41. The van der Waals surface area contributed by atoms with Crippen LogP contribution in [0.3, 0.4) is 0 Å². The number of nitrogens with zero attached hydrogens (tertiary/aromatic N) is 2. The van der Waals surface area contributed by atoms with Gasteiger partial charge in [-0.05, 0) is 68.1 Å². The van der Waals surface area contributed by atoms with Crippen molar-refractivity contribution in [1.29, 1.82) is 5.26 Å². The molecule has 7 nitrogen and oxygen atoms in total. The number of carbonyl (C=O) groups is 2. The molecule has 0 aliphatic carbocycles. The van der Waals surface area contributed by atoms with E-state index < -0.39 is 5.41 Å². The minimum absolute atomic E-state index is 0.264. The second kappa shape index (κ2) is 11.5. The van der Waals surface area contributed by atoms with Crippen molar-refractivity contribution in [2.45, 2.75) is 45.1 Å². The maximum Gasteiger partial charge on any atom is 0.257 e. The van der Waals surface area contributed by atoms with Gasteiger partial charge in [-0.15, -0.1) is 0 Å². The van der Waals surface area contributed by atoms with Crippen LogP contribution in [0.1, 0.15) is 49.5 Å². The summed E-state index contributed by atoms with van der Waals surface area (Å²) in [7, 11) is 1.60. The molecule has 1 aliphatic rings. The molecule has 0 radical (unpaired) electrons. The van der Waals surface area contributed by atoms with E-state index in [1.807, 2.05) is 42.5 Å². The molecule has 7 heteroatoms. The van der Waals surface area contributed by atoms with Crippen LogP contribution in [-0.2, 0) is 10.2 Å². The number of hydrogen-bond acceptors (Lipinski definition) is 5. The highest BCUT2D eigenvalue weighted by atomic mass is 16.5. The zero-order valence-corrected chi connectivity index (χ0v) is 22.4. The minimum atomic E-state index is -0.698. The van der Waals surface area contributed by atoms with E-state index in [0.29, 0.717) is 41.6 Å². The van der Waals surface area contributed by atoms with E-state index in [-0.39, 0.29) is 11.8 Å². The van der Waals surface area contributed by atoms with Crippen LogP contribution in [0.4, 0.5) is 11.4 Å². The molecule has 0 bridgehead atoms. The SMILES string of the molecule is COc1ccc(NC(=O)c2ccc(-c3ccccc3)cc2NC(C)=O)cc1C1(C#N)CCN(C(C)C)CC1. The van der Waals surface area contributed by atoms with Crippen molar-refractivity contribution in [3.8, 4) is 22.9 Å². The average molecular weight is 511 g/mol. The molecule has 0 saturated carbocycles. The number of ether oxygens (including phenoxy) is 1. The Morgan fingerprint density at radius 2 is 1.68 bits per heavy atom. The molecule has 2 amide bonds. The summed E-state index contributed by atoms with van der Waals surface area (Å²) < 4.78 is 5.64. The van der Waals surface area contributed by atoms with Gasteiger partial charge in [0.15, 0.2) is 0 Å².